The third kappa shape index (κ3) is 3.01. The Hall–Kier alpha value is -1.02. The van der Waals surface area contributed by atoms with Gasteiger partial charge in [-0.1, -0.05) is 6.92 Å². The molecule has 0 heterocycles. The van der Waals surface area contributed by atoms with Crippen LogP contribution in [0.15, 0.2) is 0 Å². The lowest BCUT2D eigenvalue weighted by Crippen LogP contribution is -2.55. The van der Waals surface area contributed by atoms with Crippen molar-refractivity contribution in [3.05, 3.63) is 0 Å². The Morgan fingerprint density at radius 1 is 1.12 bits per heavy atom. The minimum Gasteiger partial charge on any atom is -0.469 e. The smallest absolute Gasteiger partial charge is 0.459 e. The lowest BCUT2D eigenvalue weighted by Gasteiger charge is -2.31. The van der Waals surface area contributed by atoms with Crippen LogP contribution in [-0.2, 0) is 9.53 Å². The van der Waals surface area contributed by atoms with Gasteiger partial charge in [0.1, 0.15) is 0 Å². The number of rotatable bonds is 4. The molecule has 0 amide bonds. The number of hydrogen-bond acceptors (Lipinski definition) is 2. The number of ether oxygens (including phenoxy) is 1. The van der Waals surface area contributed by atoms with E-state index in [0.717, 1.165) is 7.11 Å². The van der Waals surface area contributed by atoms with Crippen molar-refractivity contribution in [3.63, 3.8) is 0 Å². The normalized spacial score (nSPS) is 15.6. The van der Waals surface area contributed by atoms with Crippen LogP contribution in [0.4, 0.5) is 30.7 Å². The second-order valence-electron chi connectivity index (χ2n) is 3.38. The molecular formula is C8H9F7O2. The van der Waals surface area contributed by atoms with Gasteiger partial charge in [0.2, 0.25) is 0 Å². The average Bonchev–Trinajstić information content (AvgIpc) is 2.15. The van der Waals surface area contributed by atoms with Gasteiger partial charge < -0.3 is 4.74 Å². The van der Waals surface area contributed by atoms with E-state index in [0.29, 0.717) is 6.92 Å². The summed E-state index contributed by atoms with van der Waals surface area (Å²) in [6.45, 7) is 0.413. The zero-order valence-corrected chi connectivity index (χ0v) is 8.75. The predicted molar refractivity (Wildman–Crippen MR) is 41.7 cm³/mol. The highest BCUT2D eigenvalue weighted by Gasteiger charge is 2.74. The van der Waals surface area contributed by atoms with Gasteiger partial charge in [-0.2, -0.15) is 30.7 Å². The molecule has 0 radical (unpaired) electrons. The summed E-state index contributed by atoms with van der Waals surface area (Å²) >= 11 is 0. The van der Waals surface area contributed by atoms with Crippen molar-refractivity contribution < 1.29 is 40.3 Å². The molecule has 0 spiro atoms. The van der Waals surface area contributed by atoms with Gasteiger partial charge >= 0.3 is 24.0 Å². The fourth-order valence-electron chi connectivity index (χ4n) is 0.960. The summed E-state index contributed by atoms with van der Waals surface area (Å²) in [5, 5.41) is 0. The number of esters is 1. The van der Waals surface area contributed by atoms with Crippen molar-refractivity contribution in [2.45, 2.75) is 31.4 Å². The Labute approximate surface area is 91.7 Å². The maximum Gasteiger partial charge on any atom is 0.459 e. The summed E-state index contributed by atoms with van der Waals surface area (Å²) in [6.07, 6.45) is -7.63. The summed E-state index contributed by atoms with van der Waals surface area (Å²) in [7, 11) is 0.801. The molecule has 0 N–H and O–H groups in total. The van der Waals surface area contributed by atoms with Crippen molar-refractivity contribution in [3.8, 4) is 0 Å². The first-order valence-electron chi connectivity index (χ1n) is 4.27. The lowest BCUT2D eigenvalue weighted by molar-refractivity contribution is -0.364. The monoisotopic (exact) mass is 270 g/mol. The average molecular weight is 270 g/mol. The molecule has 1 unspecified atom stereocenters. The van der Waals surface area contributed by atoms with Crippen LogP contribution < -0.4 is 0 Å². The molecule has 0 saturated carbocycles. The second kappa shape index (κ2) is 4.69. The highest BCUT2D eigenvalue weighted by atomic mass is 19.4. The number of carbonyl (C=O) groups excluding carboxylic acids is 1. The fourth-order valence-corrected chi connectivity index (χ4v) is 0.960. The van der Waals surface area contributed by atoms with Gasteiger partial charge in [0.05, 0.1) is 13.5 Å². The summed E-state index contributed by atoms with van der Waals surface area (Å²) in [6, 6.07) is 0. The number of alkyl halides is 7. The number of methoxy groups -OCH3 is 1. The van der Waals surface area contributed by atoms with Gasteiger partial charge in [-0.15, -0.1) is 0 Å². The molecule has 17 heavy (non-hydrogen) atoms. The van der Waals surface area contributed by atoms with Gasteiger partial charge in [-0.05, 0) is 0 Å². The summed E-state index contributed by atoms with van der Waals surface area (Å²) in [4.78, 5) is 10.6. The van der Waals surface area contributed by atoms with Crippen LogP contribution >= 0.6 is 0 Å². The van der Waals surface area contributed by atoms with E-state index >= 15 is 0 Å². The van der Waals surface area contributed by atoms with E-state index in [9.17, 15) is 35.5 Å². The summed E-state index contributed by atoms with van der Waals surface area (Å²) in [5.41, 5.74) is 0. The van der Waals surface area contributed by atoms with E-state index in [1.54, 1.807) is 0 Å². The quantitative estimate of drug-likeness (QED) is 0.579. The van der Waals surface area contributed by atoms with Gasteiger partial charge in [-0.3, -0.25) is 4.79 Å². The molecule has 0 aromatic rings. The molecule has 0 aliphatic heterocycles. The van der Waals surface area contributed by atoms with Crippen LogP contribution in [0.3, 0.4) is 0 Å². The first-order valence-corrected chi connectivity index (χ1v) is 4.27. The highest BCUT2D eigenvalue weighted by molar-refractivity contribution is 5.69. The molecule has 0 aromatic heterocycles. The molecule has 102 valence electrons. The standard InChI is InChI=1S/C8H9F7O2/c1-4(3-5(16)17-2)6(9,10)7(11,12)8(13,14)15/h4H,3H2,1-2H3. The minimum atomic E-state index is -6.39. The first-order chi connectivity index (χ1) is 7.38. The molecule has 0 aliphatic carbocycles. The Bertz CT molecular complexity index is 284. The van der Waals surface area contributed by atoms with E-state index in [4.69, 9.17) is 0 Å². The first kappa shape index (κ1) is 16.0. The zero-order valence-electron chi connectivity index (χ0n) is 8.75. The van der Waals surface area contributed by atoms with E-state index in [1.165, 1.54) is 0 Å². The molecule has 0 aromatic carbocycles. The predicted octanol–water partition coefficient (Wildman–Crippen LogP) is 3.02. The largest absolute Gasteiger partial charge is 0.469 e. The lowest BCUT2D eigenvalue weighted by atomic mass is 9.94. The van der Waals surface area contributed by atoms with E-state index < -0.39 is 36.3 Å². The van der Waals surface area contributed by atoms with Crippen LogP contribution in [-0.4, -0.2) is 31.1 Å². The van der Waals surface area contributed by atoms with Crippen molar-refractivity contribution in [2.24, 2.45) is 5.92 Å². The Morgan fingerprint density at radius 2 is 1.53 bits per heavy atom. The molecule has 1 atom stereocenters. The number of hydrogen-bond donors (Lipinski definition) is 0. The second-order valence-corrected chi connectivity index (χ2v) is 3.38. The van der Waals surface area contributed by atoms with Gasteiger partial charge in [0.25, 0.3) is 0 Å². The van der Waals surface area contributed by atoms with Crippen molar-refractivity contribution in [1.82, 2.24) is 0 Å². The maximum absolute atomic E-state index is 12.9. The van der Waals surface area contributed by atoms with Crippen LogP contribution in [0.5, 0.6) is 0 Å². The highest BCUT2D eigenvalue weighted by Crippen LogP contribution is 2.50. The van der Waals surface area contributed by atoms with Crippen LogP contribution in [0.1, 0.15) is 13.3 Å². The van der Waals surface area contributed by atoms with Crippen molar-refractivity contribution >= 4 is 5.97 Å². The molecule has 2 nitrogen and oxygen atoms in total. The van der Waals surface area contributed by atoms with Crippen molar-refractivity contribution in [2.75, 3.05) is 7.11 Å². The van der Waals surface area contributed by atoms with Gasteiger partial charge in [0.15, 0.2) is 0 Å². The maximum atomic E-state index is 12.9. The molecule has 0 fully saturated rings. The topological polar surface area (TPSA) is 26.3 Å². The molecule has 0 saturated heterocycles. The molecule has 9 heteroatoms. The number of halogens is 7. The minimum absolute atomic E-state index is 0.413. The van der Waals surface area contributed by atoms with Crippen LogP contribution in [0.2, 0.25) is 0 Å². The zero-order chi connectivity index (χ0) is 14.1. The third-order valence-corrected chi connectivity index (χ3v) is 2.09. The SMILES string of the molecule is COC(=O)CC(C)C(F)(F)C(F)(F)C(F)(F)F. The molecule has 0 rings (SSSR count). The van der Waals surface area contributed by atoms with Gasteiger partial charge in [-0.25, -0.2) is 0 Å². The third-order valence-electron chi connectivity index (χ3n) is 2.09. The molecular weight excluding hydrogens is 261 g/mol. The summed E-state index contributed by atoms with van der Waals surface area (Å²) < 4.78 is 90.0. The Balaban J connectivity index is 5.06. The van der Waals surface area contributed by atoms with Crippen LogP contribution in [0.25, 0.3) is 0 Å². The Kier molecular flexibility index (Phi) is 4.41. The van der Waals surface area contributed by atoms with Gasteiger partial charge in [0, 0.05) is 5.92 Å². The summed E-state index contributed by atoms with van der Waals surface area (Å²) in [5.74, 6) is -15.4. The van der Waals surface area contributed by atoms with Crippen LogP contribution in [0, 0.1) is 5.92 Å². The van der Waals surface area contributed by atoms with Crippen molar-refractivity contribution in [1.29, 1.82) is 0 Å². The molecule has 0 aliphatic rings. The Morgan fingerprint density at radius 3 is 1.82 bits per heavy atom. The van der Waals surface area contributed by atoms with E-state index in [1.807, 2.05) is 0 Å². The molecule has 0 bridgehead atoms. The van der Waals surface area contributed by atoms with E-state index in [-0.39, 0.29) is 0 Å². The fraction of sp³-hybridized carbons (Fsp3) is 0.875. The van der Waals surface area contributed by atoms with E-state index in [2.05, 4.69) is 4.74 Å². The number of carbonyl (C=O) groups is 1.